The predicted molar refractivity (Wildman–Crippen MR) is 593 cm³/mol. The number of hydrogen-bond acceptors (Lipinski definition) is 40. The summed E-state index contributed by atoms with van der Waals surface area (Å²) in [5.74, 6) is 1.21. The minimum atomic E-state index is -2.63. The molecule has 900 valence electrons. The van der Waals surface area contributed by atoms with E-state index in [1.165, 1.54) is 0 Å². The summed E-state index contributed by atoms with van der Waals surface area (Å²) in [6, 6.07) is 2.71. The maximum Gasteiger partial charge on any atom is 0.508 e. The van der Waals surface area contributed by atoms with Crippen molar-refractivity contribution in [3.8, 4) is 0 Å². The van der Waals surface area contributed by atoms with Gasteiger partial charge >= 0.3 is 53.4 Å². The lowest BCUT2D eigenvalue weighted by Crippen LogP contribution is -2.46. The van der Waals surface area contributed by atoms with Gasteiger partial charge in [-0.25, -0.2) is 9.59 Å². The molecular weight excluding hydrogens is 2020 g/mol. The number of nitrogens with two attached hydrogens (primary N) is 1. The van der Waals surface area contributed by atoms with Crippen LogP contribution in [0, 0.1) is 0 Å². The first-order chi connectivity index (χ1) is 70.7. The molecule has 1 rings (SSSR count). The number of unbranched alkanes of at least 4 members (excludes halogenated alkanes) is 3. The molecule has 1 saturated heterocycles. The number of amides is 1. The molecule has 1 aliphatic rings. The highest BCUT2D eigenvalue weighted by Gasteiger charge is 2.41. The van der Waals surface area contributed by atoms with Crippen molar-refractivity contribution in [3.05, 3.63) is 0 Å². The lowest BCUT2D eigenvalue weighted by Gasteiger charge is -2.28. The molecular formula is C103H228N2O38SSi4. The number of alkyl carbamates (subject to hydrolysis) is 1. The van der Waals surface area contributed by atoms with Crippen LogP contribution in [0.2, 0.25) is 24.2 Å². The van der Waals surface area contributed by atoms with Crippen molar-refractivity contribution in [2.45, 2.75) is 417 Å². The Balaban J connectivity index is -0.000000213. The minimum Gasteiger partial charge on any atom is -0.465 e. The molecule has 0 aliphatic carbocycles. The molecule has 1 fully saturated rings. The van der Waals surface area contributed by atoms with Gasteiger partial charge in [-0.15, -0.1) is 0 Å². The second-order valence-electron chi connectivity index (χ2n) is 34.6. The van der Waals surface area contributed by atoms with Crippen LogP contribution in [0.25, 0.3) is 0 Å². The highest BCUT2D eigenvalue weighted by molar-refractivity contribution is 7.99. The Morgan fingerprint density at radius 3 is 1.13 bits per heavy atom. The molecule has 0 radical (unpaired) electrons. The molecule has 10 N–H and O–H groups in total. The molecule has 0 aromatic carbocycles. The van der Waals surface area contributed by atoms with Gasteiger partial charge in [0, 0.05) is 180 Å². The van der Waals surface area contributed by atoms with E-state index in [-0.39, 0.29) is 102 Å². The first kappa shape index (κ1) is 163. The average molecular weight is 2250 g/mol. The molecule has 14 unspecified atom stereocenters. The van der Waals surface area contributed by atoms with E-state index in [4.69, 9.17) is 155 Å². The van der Waals surface area contributed by atoms with Gasteiger partial charge in [-0.1, -0.05) is 69.2 Å². The number of aliphatic hydroxyl groups excluding tert-OH is 7. The van der Waals surface area contributed by atoms with Crippen LogP contribution in [0.15, 0.2) is 0 Å². The van der Waals surface area contributed by atoms with Gasteiger partial charge in [-0.05, 0) is 237 Å². The summed E-state index contributed by atoms with van der Waals surface area (Å²) in [6.45, 7) is 58.7. The van der Waals surface area contributed by atoms with Crippen LogP contribution in [-0.4, -0.2) is 415 Å². The molecule has 1 amide bonds. The zero-order valence-electron chi connectivity index (χ0n) is 99.0. The summed E-state index contributed by atoms with van der Waals surface area (Å²) in [5, 5.41) is 64.7. The summed E-state index contributed by atoms with van der Waals surface area (Å²) in [4.78, 5) is 33.7. The lowest BCUT2D eigenvalue weighted by molar-refractivity contribution is -0.159. The smallest absolute Gasteiger partial charge is 0.465 e. The zero-order chi connectivity index (χ0) is 114. The number of carbonyl (C=O) groups excluding carboxylic acids is 3. The van der Waals surface area contributed by atoms with Gasteiger partial charge in [0.2, 0.25) is 0 Å². The average Bonchev–Trinajstić information content (AvgIpc) is 1.26. The number of hydrogen-bond donors (Lipinski definition) is 9. The molecule has 0 spiro atoms. The first-order valence-electron chi connectivity index (χ1n) is 54.7. The van der Waals surface area contributed by atoms with E-state index < -0.39 is 65.8 Å². The van der Waals surface area contributed by atoms with Gasteiger partial charge in [0.15, 0.2) is 12.4 Å². The van der Waals surface area contributed by atoms with Crippen LogP contribution < -0.4 is 11.1 Å². The third-order valence-corrected chi connectivity index (χ3v) is 34.9. The molecule has 148 heavy (non-hydrogen) atoms. The van der Waals surface area contributed by atoms with Crippen molar-refractivity contribution in [1.29, 1.82) is 0 Å². The Bertz CT molecular complexity index is 2550. The third-order valence-electron chi connectivity index (χ3n) is 22.2. The number of carbonyl (C=O) groups is 3. The van der Waals surface area contributed by atoms with Crippen LogP contribution in [0.1, 0.15) is 307 Å². The van der Waals surface area contributed by atoms with Crippen molar-refractivity contribution in [2.24, 2.45) is 5.73 Å². The number of nitrogens with one attached hydrogen (secondary N) is 1. The lowest BCUT2D eigenvalue weighted by atomic mass is 10.3. The predicted octanol–water partition coefficient (Wildman–Crippen LogP) is 16.3. The number of esters is 1. The molecule has 1 heterocycles. The van der Waals surface area contributed by atoms with Gasteiger partial charge in [-0.3, -0.25) is 4.79 Å². The van der Waals surface area contributed by atoms with Gasteiger partial charge in [0.1, 0.15) is 13.2 Å². The van der Waals surface area contributed by atoms with Crippen LogP contribution >= 0.6 is 11.8 Å². The molecule has 40 nitrogen and oxygen atoms in total. The quantitative estimate of drug-likeness (QED) is 0.00898. The maximum absolute atomic E-state index is 11.6. The van der Waals surface area contributed by atoms with Crippen molar-refractivity contribution in [2.75, 3.05) is 241 Å². The fourth-order valence-electron chi connectivity index (χ4n) is 10.7. The number of rotatable bonds is 88. The van der Waals surface area contributed by atoms with Crippen LogP contribution in [0.5, 0.6) is 0 Å². The van der Waals surface area contributed by atoms with E-state index in [1.807, 2.05) is 83.1 Å². The Kier molecular flexibility index (Phi) is 135. The summed E-state index contributed by atoms with van der Waals surface area (Å²) < 4.78 is 149. The fraction of sp³-hybridized carbons (Fsp3) is 0.971. The van der Waals surface area contributed by atoms with Gasteiger partial charge in [0.25, 0.3) is 0 Å². The number of cyclic esters (lactones) is 2. The Morgan fingerprint density at radius 1 is 0.378 bits per heavy atom. The van der Waals surface area contributed by atoms with Crippen LogP contribution in [0.3, 0.4) is 0 Å². The molecule has 0 aromatic rings. The van der Waals surface area contributed by atoms with E-state index >= 15 is 0 Å². The van der Waals surface area contributed by atoms with Gasteiger partial charge < -0.3 is 176 Å². The SMILES string of the molecule is CCC(C)O.CCC(C)OCCC(O)CO.CCC(C)OCCC(O)CSCCC[Si](OC)(OC)OC.CCC(C)OCCCCN.CCC(C)OCCCCO.CCC(C)OCCCCOCC[Si](OC)(OC)OC.CCC(C)OCCCOC(=O)CC(O)OCCC[Si](OC)(OC)OC.CCC(C)OCCO.CCC(C)OCCOCC1COC(=O)O1.CCO[Si](CCCNC(=O)OCCOC(C)CC)(OCC)OCC. The fourth-order valence-corrected chi connectivity index (χ4v) is 19.4. The minimum absolute atomic E-state index is 0.116. The molecule has 0 aromatic heterocycles. The van der Waals surface area contributed by atoms with E-state index in [9.17, 15) is 24.6 Å². The van der Waals surface area contributed by atoms with Crippen molar-refractivity contribution < 1.29 is 179 Å². The molecule has 14 atom stereocenters. The first-order valence-corrected chi connectivity index (χ1v) is 63.5. The van der Waals surface area contributed by atoms with E-state index in [0.29, 0.717) is 160 Å². The second-order valence-corrected chi connectivity index (χ2v) is 47.8. The highest BCUT2D eigenvalue weighted by Crippen LogP contribution is 2.22. The van der Waals surface area contributed by atoms with Gasteiger partial charge in [0.05, 0.1) is 146 Å². The number of aliphatic hydroxyl groups is 7. The third kappa shape index (κ3) is 115. The molecule has 1 aliphatic heterocycles. The van der Waals surface area contributed by atoms with E-state index in [0.717, 1.165) is 160 Å². The largest absolute Gasteiger partial charge is 0.508 e. The summed E-state index contributed by atoms with van der Waals surface area (Å²) in [5.41, 5.74) is 5.32. The molecule has 45 heteroatoms. The monoisotopic (exact) mass is 2250 g/mol. The Labute approximate surface area is 907 Å². The summed E-state index contributed by atoms with van der Waals surface area (Å²) in [6.07, 6.45) is 19.0. The highest BCUT2D eigenvalue weighted by atomic mass is 32.2. The summed E-state index contributed by atoms with van der Waals surface area (Å²) in [7, 11) is 4.23. The number of thioether (sulfide) groups is 1. The molecule has 0 bridgehead atoms. The van der Waals surface area contributed by atoms with Crippen LogP contribution in [-0.2, 0) is 134 Å². The van der Waals surface area contributed by atoms with E-state index in [1.54, 1.807) is 82.7 Å². The molecule has 0 saturated carbocycles. The Morgan fingerprint density at radius 2 is 0.743 bits per heavy atom. The number of ether oxygens (including phenoxy) is 16. The van der Waals surface area contributed by atoms with Crippen LogP contribution in [0.4, 0.5) is 9.59 Å². The standard InChI is InChI=1S/C16H35NO6Si.C16H34O8Si.C14H32O5SSi.C13H30O5Si.C10H18O5.C8H19NO.C8H18O3.C8H18O2.C6H14O2.C4H10O/c1-6-15(5)19-12-13-20-16(18)17-11-10-14-24(21-7-2,22-8-3)23-9-4;1-6-14(2)22-9-7-10-23-15(17)13-16(18)24-11-8-12-25(19-3,20-4)21-5;1-6-13(2)19-9-8-14(15)12-20-10-7-11-21(16-3,17-4)18-5;1-6-13(2)18-10-8-7-9-17-11-12-19(14-3,15-4)16-5;1-3-8(2)13-5-4-12-6-9-7-14-10(11)15-9;1-3-8(2)10-7-5-4-6-9;1-3-7(2)11-5-4-8(10)6-9;1-3-8(2)10-7-5-4-6-9;1-3-6(2)8-5-4-7;1-3-4(2)5/h15H,6-14H2,1-5H3,(H,17,18);14,16,18H,6-13H2,1-5H3;13-15H,6-12H2,1-5H3;13H,6-12H2,1-5H3;8-9H,3-7H2,1-2H3;8H,3-7,9H2,1-2H3;7-10H,3-6H2,1-2H3;8-9H,3-7H2,1-2H3;6-7H,3-5H2,1-2H3;4-5H,3H2,1-2H3. The van der Waals surface area contributed by atoms with Gasteiger partial charge in [-0.2, -0.15) is 11.8 Å². The zero-order valence-corrected chi connectivity index (χ0v) is 104. The van der Waals surface area contributed by atoms with Crippen molar-refractivity contribution in [1.82, 2.24) is 5.32 Å². The topological polar surface area (TPSA) is 489 Å². The normalized spacial score (nSPS) is 15.0. The van der Waals surface area contributed by atoms with Crippen molar-refractivity contribution >= 4 is 65.2 Å². The van der Waals surface area contributed by atoms with E-state index in [2.05, 4.69) is 79.3 Å². The summed E-state index contributed by atoms with van der Waals surface area (Å²) >= 11 is 1.75. The maximum atomic E-state index is 11.6. The second kappa shape index (κ2) is 122. The Hall–Kier alpha value is -2.05. The van der Waals surface area contributed by atoms with Crippen molar-refractivity contribution in [3.63, 3.8) is 0 Å².